The number of hydrogen-bond donors (Lipinski definition) is 0. The van der Waals surface area contributed by atoms with Gasteiger partial charge in [0.1, 0.15) is 22.5 Å². The van der Waals surface area contributed by atoms with Crippen LogP contribution < -0.4 is 34.6 Å². The van der Waals surface area contributed by atoms with Gasteiger partial charge in [0.25, 0.3) is 6.33 Å². The molecule has 15 aromatic rings. The Morgan fingerprint density at radius 1 is 0.468 bits per heavy atom. The van der Waals surface area contributed by atoms with Gasteiger partial charge >= 0.3 is 0 Å². The van der Waals surface area contributed by atoms with Gasteiger partial charge in [0, 0.05) is 19.6 Å². The van der Waals surface area contributed by atoms with Gasteiger partial charge in [0.05, 0.1) is 36.1 Å². The van der Waals surface area contributed by atoms with Crippen molar-refractivity contribution in [3.05, 3.63) is 328 Å². The summed E-state index contributed by atoms with van der Waals surface area (Å²) < 4.78 is 129. The van der Waals surface area contributed by atoms with Gasteiger partial charge in [-0.3, -0.25) is 9.13 Å². The minimum Gasteiger partial charge on any atom is -0.458 e. The van der Waals surface area contributed by atoms with Crippen LogP contribution in [0.15, 0.2) is 303 Å². The highest BCUT2D eigenvalue weighted by Gasteiger charge is 2.42. The first-order chi connectivity index (χ1) is 50.7. The SMILES string of the molecule is [2H]c1c([2H])c([2H])c(-c2cc3c4c(c2)n(-c2cccc(Oc5ccc6c7ccccc7n(-c7cc(C(C)(C)C)cc[n+]7[CH2-])c6c5)c2)[c-][n+]4-c2c(cc(C([2H])([2H])C(C)(C)C)cc2-c2c([2H])c([2H])c([2H])c([2H])c2[2H])-c2cc([Si](c4ccccc4)(c4ccccc4)c4ccccc4)ccc2-c2ccccc2-3)c([2H])c1[2H]. The molecule has 3 aromatic heterocycles. The van der Waals surface area contributed by atoms with E-state index in [2.05, 4.69) is 160 Å². The second kappa shape index (κ2) is 23.0. The van der Waals surface area contributed by atoms with Crippen LogP contribution in [0, 0.1) is 18.8 Å². The third-order valence-electron chi connectivity index (χ3n) is 18.1. The normalized spacial score (nSPS) is 14.2. The molecule has 94 heavy (non-hydrogen) atoms. The highest BCUT2D eigenvalue weighted by Crippen LogP contribution is 2.48. The summed E-state index contributed by atoms with van der Waals surface area (Å²) in [6.07, 6.45) is 3.64. The fraction of sp³-hybridized carbons (Fsp3) is 0.102. The molecule has 0 fully saturated rings. The minimum atomic E-state index is -3.44. The summed E-state index contributed by atoms with van der Waals surface area (Å²) in [4.78, 5) is 0. The van der Waals surface area contributed by atoms with Crippen molar-refractivity contribution in [2.24, 2.45) is 5.41 Å². The Bertz CT molecular complexity index is 5990. The molecule has 1 aliphatic rings. The standard InChI is InChI=1S/C88H72N4OSi/c1-87(2,3)58-60-50-77(62-30-15-9-16-31-62)85-79(51-60)78-57-71(94(68-34-17-10-18-35-68,69-36-19-11-20-37-69)70-38-21-12-22-39-70)45-47-74(78)72-40-23-24-41-73(72)80-52-63(61-28-13-8-14-29-61)53-83-86(80)91(85)59-90(83)65-32-27-33-66(55-65)93-67-44-46-76-75-42-25-26-43-81(75)92(82(76)56-67)84-54-64(88(4,5)6)48-49-89(84)7/h8-57H,7,58H2,1-6H3/i8D,9D,13D,14D,15D,16D,28D,29D,30D,31D,58D2. The fourth-order valence-corrected chi connectivity index (χ4v) is 18.8. The molecule has 6 heteroatoms. The molecule has 16 rings (SSSR count). The van der Waals surface area contributed by atoms with E-state index in [0.29, 0.717) is 61.6 Å². The summed E-state index contributed by atoms with van der Waals surface area (Å²) in [6, 6.07) is 73.8. The van der Waals surface area contributed by atoms with Crippen LogP contribution in [-0.4, -0.2) is 17.2 Å². The molecule has 454 valence electrons. The number of ether oxygens (including phenoxy) is 1. The fourth-order valence-electron chi connectivity index (χ4n) is 14.0. The maximum atomic E-state index is 10.3. The van der Waals surface area contributed by atoms with Crippen molar-refractivity contribution >= 4 is 61.7 Å². The molecule has 0 bridgehead atoms. The van der Waals surface area contributed by atoms with Crippen molar-refractivity contribution in [3.63, 3.8) is 0 Å². The number of imidazole rings is 1. The van der Waals surface area contributed by atoms with Crippen LogP contribution >= 0.6 is 0 Å². The highest BCUT2D eigenvalue weighted by molar-refractivity contribution is 7.20. The second-order valence-electron chi connectivity index (χ2n) is 26.2. The minimum absolute atomic E-state index is 0.0523. The number of para-hydroxylation sites is 1. The predicted octanol–water partition coefficient (Wildman–Crippen LogP) is 18.4. The van der Waals surface area contributed by atoms with Gasteiger partial charge in [-0.2, -0.15) is 0 Å². The quantitative estimate of drug-likeness (QED) is 0.0549. The molecule has 0 amide bonds. The third kappa shape index (κ3) is 10.0. The Balaban J connectivity index is 1.05. The molecule has 0 unspecified atom stereocenters. The van der Waals surface area contributed by atoms with Crippen LogP contribution in [0.5, 0.6) is 11.5 Å². The zero-order valence-electron chi connectivity index (χ0n) is 65.0. The summed E-state index contributed by atoms with van der Waals surface area (Å²) in [5.41, 5.74) is 7.43. The van der Waals surface area contributed by atoms with E-state index in [1.165, 1.54) is 0 Å². The second-order valence-corrected chi connectivity index (χ2v) is 30.0. The molecule has 0 aliphatic carbocycles. The van der Waals surface area contributed by atoms with E-state index in [1.54, 1.807) is 12.1 Å². The predicted molar refractivity (Wildman–Crippen MR) is 392 cm³/mol. The number of hydrogen-bond acceptors (Lipinski definition) is 1. The van der Waals surface area contributed by atoms with Gasteiger partial charge in [0.2, 0.25) is 0 Å². The average molecular weight is 1240 g/mol. The van der Waals surface area contributed by atoms with Crippen molar-refractivity contribution in [2.75, 3.05) is 0 Å². The number of fused-ring (bicyclic) bond motifs is 10. The van der Waals surface area contributed by atoms with Crippen LogP contribution in [0.4, 0.5) is 0 Å². The van der Waals surface area contributed by atoms with Gasteiger partial charge in [-0.15, -0.1) is 0 Å². The van der Waals surface area contributed by atoms with Crippen molar-refractivity contribution in [1.82, 2.24) is 9.13 Å². The van der Waals surface area contributed by atoms with Crippen molar-refractivity contribution in [3.8, 4) is 84.3 Å². The van der Waals surface area contributed by atoms with Gasteiger partial charge < -0.3 is 9.30 Å². The van der Waals surface area contributed by atoms with Gasteiger partial charge in [-0.1, -0.05) is 283 Å². The Kier molecular flexibility index (Phi) is 11.3. The first-order valence-electron chi connectivity index (χ1n) is 37.7. The Hall–Kier alpha value is -11.1. The molecule has 0 N–H and O–H groups in total. The molecule has 0 spiro atoms. The molecule has 0 radical (unpaired) electrons. The Morgan fingerprint density at radius 2 is 1.06 bits per heavy atom. The van der Waals surface area contributed by atoms with Crippen LogP contribution in [-0.2, 0) is 11.8 Å². The van der Waals surface area contributed by atoms with E-state index in [4.69, 9.17) is 10.2 Å². The zero-order valence-corrected chi connectivity index (χ0v) is 54.0. The summed E-state index contributed by atoms with van der Waals surface area (Å²) >= 11 is 0. The number of rotatable bonds is 11. The van der Waals surface area contributed by atoms with Crippen LogP contribution in [0.1, 0.15) is 69.1 Å². The van der Waals surface area contributed by atoms with Crippen molar-refractivity contribution in [1.29, 1.82) is 0 Å². The maximum absolute atomic E-state index is 10.3. The first kappa shape index (κ1) is 46.1. The zero-order chi connectivity index (χ0) is 74.4. The molecule has 0 saturated carbocycles. The maximum Gasteiger partial charge on any atom is 0.269 e. The monoisotopic (exact) mass is 1240 g/mol. The molecule has 0 atom stereocenters. The van der Waals surface area contributed by atoms with E-state index in [1.807, 2.05) is 144 Å². The lowest BCUT2D eigenvalue weighted by Gasteiger charge is -2.35. The summed E-state index contributed by atoms with van der Waals surface area (Å²) in [7, 11) is 1.00. The lowest BCUT2D eigenvalue weighted by Crippen LogP contribution is -2.74. The molecule has 4 heterocycles. The summed E-state index contributed by atoms with van der Waals surface area (Å²) in [5, 5.41) is 6.28. The first-order valence-corrected chi connectivity index (χ1v) is 33.7. The summed E-state index contributed by atoms with van der Waals surface area (Å²) in [6.45, 7) is 12.0. The van der Waals surface area contributed by atoms with E-state index < -0.39 is 80.3 Å². The summed E-state index contributed by atoms with van der Waals surface area (Å²) in [5.74, 6) is 1.81. The highest BCUT2D eigenvalue weighted by atomic mass is 28.3. The largest absolute Gasteiger partial charge is 0.458 e. The number of benzene rings is 12. The van der Waals surface area contributed by atoms with Gasteiger partial charge in [0.15, 0.2) is 13.9 Å². The topological polar surface area (TPSA) is 26.8 Å². The molecular weight excluding hydrogens is 1160 g/mol. The number of aromatic nitrogens is 4. The van der Waals surface area contributed by atoms with Gasteiger partial charge in [-0.25, -0.2) is 4.57 Å². The smallest absolute Gasteiger partial charge is 0.269 e. The Labute approximate surface area is 569 Å². The van der Waals surface area contributed by atoms with Crippen LogP contribution in [0.2, 0.25) is 0 Å². The molecule has 0 saturated heterocycles. The van der Waals surface area contributed by atoms with E-state index in [-0.39, 0.29) is 38.9 Å². The van der Waals surface area contributed by atoms with E-state index in [0.717, 1.165) is 53.9 Å². The third-order valence-corrected chi connectivity index (χ3v) is 22.9. The van der Waals surface area contributed by atoms with E-state index >= 15 is 0 Å². The molecule has 5 nitrogen and oxygen atoms in total. The van der Waals surface area contributed by atoms with Crippen LogP contribution in [0.25, 0.3) is 106 Å². The number of pyridine rings is 1. The van der Waals surface area contributed by atoms with Crippen molar-refractivity contribution in [2.45, 2.75) is 53.3 Å². The van der Waals surface area contributed by atoms with Crippen molar-refractivity contribution < 1.29 is 30.3 Å². The van der Waals surface area contributed by atoms with Crippen LogP contribution in [0.3, 0.4) is 0 Å². The van der Waals surface area contributed by atoms with Gasteiger partial charge in [-0.05, 0) is 167 Å². The molecule has 12 aromatic carbocycles. The average Bonchev–Trinajstić information content (AvgIpc) is 1.47. The number of nitrogens with zero attached hydrogens (tertiary/aromatic N) is 4. The molecular formula is C88H72N4OSi. The van der Waals surface area contributed by atoms with E-state index in [9.17, 15) is 11.0 Å². The molecule has 1 aliphatic heterocycles. The lowest BCUT2D eigenvalue weighted by atomic mass is 9.83. The Morgan fingerprint density at radius 3 is 1.73 bits per heavy atom. The lowest BCUT2D eigenvalue weighted by molar-refractivity contribution is -0.606.